The summed E-state index contributed by atoms with van der Waals surface area (Å²) in [5.74, 6) is 0. The standard InChI is InChI=1S/C27H26ClN5O4/c1-27(2,3)37-26(36)32-13-21(22(34)14-32)33-15-30-24-19(25(33)35)11-20(16-6-8-18(28)9-7-16)31-23(24)17-5-4-10-29-12-17/h4-12,15,21-22,34H,13-14H2,1-3H3/t21-,22-/m1/s1. The summed E-state index contributed by atoms with van der Waals surface area (Å²) in [6.07, 6.45) is 3.23. The van der Waals surface area contributed by atoms with E-state index in [2.05, 4.69) is 9.97 Å². The highest BCUT2D eigenvalue weighted by molar-refractivity contribution is 6.30. The first-order valence-electron chi connectivity index (χ1n) is 11.8. The third kappa shape index (κ3) is 5.05. The predicted octanol–water partition coefficient (Wildman–Crippen LogP) is 4.33. The fourth-order valence-corrected chi connectivity index (χ4v) is 4.50. The van der Waals surface area contributed by atoms with Crippen LogP contribution in [0.3, 0.4) is 0 Å². The molecule has 10 heteroatoms. The molecule has 4 aromatic rings. The van der Waals surface area contributed by atoms with Gasteiger partial charge in [0, 0.05) is 35.1 Å². The Labute approximate surface area is 218 Å². The van der Waals surface area contributed by atoms with Gasteiger partial charge < -0.3 is 14.7 Å². The van der Waals surface area contributed by atoms with Gasteiger partial charge in [-0.2, -0.15) is 0 Å². The molecule has 0 unspecified atom stereocenters. The lowest BCUT2D eigenvalue weighted by molar-refractivity contribution is 0.0270. The summed E-state index contributed by atoms with van der Waals surface area (Å²) in [4.78, 5) is 41.4. The van der Waals surface area contributed by atoms with Crippen LogP contribution in [0.25, 0.3) is 33.4 Å². The second-order valence-electron chi connectivity index (χ2n) is 9.98. The molecule has 37 heavy (non-hydrogen) atoms. The van der Waals surface area contributed by atoms with Crippen LogP contribution >= 0.6 is 11.6 Å². The van der Waals surface area contributed by atoms with E-state index in [1.165, 1.54) is 15.8 Å². The van der Waals surface area contributed by atoms with Crippen LogP contribution in [-0.2, 0) is 4.74 Å². The number of aromatic nitrogens is 4. The lowest BCUT2D eigenvalue weighted by atomic mass is 10.1. The van der Waals surface area contributed by atoms with E-state index in [9.17, 15) is 14.7 Å². The lowest BCUT2D eigenvalue weighted by Crippen LogP contribution is -2.36. The fraction of sp³-hybridized carbons (Fsp3) is 0.296. The van der Waals surface area contributed by atoms with Crippen molar-refractivity contribution in [3.63, 3.8) is 0 Å². The number of aliphatic hydroxyl groups excluding tert-OH is 1. The average molecular weight is 520 g/mol. The minimum atomic E-state index is -0.958. The molecule has 0 bridgehead atoms. The van der Waals surface area contributed by atoms with E-state index in [-0.39, 0.29) is 18.6 Å². The number of likely N-dealkylation sites (tertiary alicyclic amines) is 1. The number of β-amino-alcohol motifs (C(OH)–C–C–N with tert-alkyl or cyclic N) is 1. The van der Waals surface area contributed by atoms with Crippen molar-refractivity contribution in [3.05, 3.63) is 76.6 Å². The van der Waals surface area contributed by atoms with E-state index >= 15 is 0 Å². The van der Waals surface area contributed by atoms with Crippen molar-refractivity contribution in [1.82, 2.24) is 24.4 Å². The SMILES string of the molecule is CC(C)(C)OC(=O)N1C[C@@H](O)[C@H](n2cnc3c(-c4cccnc4)nc(-c4ccc(Cl)cc4)cc3c2=O)C1. The van der Waals surface area contributed by atoms with Crippen LogP contribution in [0, 0.1) is 0 Å². The van der Waals surface area contributed by atoms with Gasteiger partial charge in [0.1, 0.15) is 11.1 Å². The van der Waals surface area contributed by atoms with Gasteiger partial charge in [0.05, 0.1) is 41.8 Å². The minimum Gasteiger partial charge on any atom is -0.444 e. The normalized spacial score (nSPS) is 17.8. The Balaban J connectivity index is 1.61. The quantitative estimate of drug-likeness (QED) is 0.429. The monoisotopic (exact) mass is 519 g/mol. The zero-order chi connectivity index (χ0) is 26.3. The van der Waals surface area contributed by atoms with Crippen LogP contribution in [0.1, 0.15) is 26.8 Å². The number of hydrogen-bond donors (Lipinski definition) is 1. The number of rotatable bonds is 3. The highest BCUT2D eigenvalue weighted by Gasteiger charge is 2.38. The van der Waals surface area contributed by atoms with Crippen LogP contribution in [0.4, 0.5) is 4.79 Å². The molecule has 0 radical (unpaired) electrons. The highest BCUT2D eigenvalue weighted by atomic mass is 35.5. The molecule has 0 aliphatic carbocycles. The minimum absolute atomic E-state index is 0.0529. The summed E-state index contributed by atoms with van der Waals surface area (Å²) in [6, 6.07) is 11.8. The summed E-state index contributed by atoms with van der Waals surface area (Å²) in [7, 11) is 0. The maximum Gasteiger partial charge on any atom is 0.410 e. The molecule has 2 atom stereocenters. The van der Waals surface area contributed by atoms with Crippen molar-refractivity contribution in [3.8, 4) is 22.5 Å². The van der Waals surface area contributed by atoms with Crippen LogP contribution in [0.5, 0.6) is 0 Å². The van der Waals surface area contributed by atoms with Crippen molar-refractivity contribution in [2.24, 2.45) is 0 Å². The van der Waals surface area contributed by atoms with Gasteiger partial charge in [-0.3, -0.25) is 14.3 Å². The number of aliphatic hydroxyl groups is 1. The molecular weight excluding hydrogens is 494 g/mol. The molecule has 1 saturated heterocycles. The summed E-state index contributed by atoms with van der Waals surface area (Å²) >= 11 is 6.07. The molecule has 1 aliphatic rings. The first kappa shape index (κ1) is 24.9. The first-order valence-corrected chi connectivity index (χ1v) is 12.2. The molecule has 1 aliphatic heterocycles. The smallest absolute Gasteiger partial charge is 0.410 e. The third-order valence-electron chi connectivity index (χ3n) is 6.11. The van der Waals surface area contributed by atoms with Crippen molar-refractivity contribution >= 4 is 28.6 Å². The number of pyridine rings is 2. The van der Waals surface area contributed by atoms with E-state index in [0.717, 1.165) is 5.56 Å². The van der Waals surface area contributed by atoms with E-state index in [0.29, 0.717) is 32.9 Å². The number of benzene rings is 1. The van der Waals surface area contributed by atoms with Crippen molar-refractivity contribution in [2.75, 3.05) is 13.1 Å². The number of halogens is 1. The van der Waals surface area contributed by atoms with E-state index in [4.69, 9.17) is 21.3 Å². The molecule has 9 nitrogen and oxygen atoms in total. The third-order valence-corrected chi connectivity index (χ3v) is 6.36. The van der Waals surface area contributed by atoms with Crippen molar-refractivity contribution < 1.29 is 14.6 Å². The van der Waals surface area contributed by atoms with Crippen LogP contribution in [-0.4, -0.2) is 60.4 Å². The Morgan fingerprint density at radius 3 is 2.57 bits per heavy atom. The van der Waals surface area contributed by atoms with Gasteiger partial charge >= 0.3 is 6.09 Å². The van der Waals surface area contributed by atoms with E-state index in [1.54, 1.807) is 57.4 Å². The maximum absolute atomic E-state index is 13.8. The zero-order valence-corrected chi connectivity index (χ0v) is 21.4. The Hall–Kier alpha value is -3.82. The van der Waals surface area contributed by atoms with Gasteiger partial charge in [-0.1, -0.05) is 23.7 Å². The number of fused-ring (bicyclic) bond motifs is 1. The van der Waals surface area contributed by atoms with Crippen LogP contribution < -0.4 is 5.56 Å². The zero-order valence-electron chi connectivity index (χ0n) is 20.6. The number of carbonyl (C=O) groups excluding carboxylic acids is 1. The highest BCUT2D eigenvalue weighted by Crippen LogP contribution is 2.30. The largest absolute Gasteiger partial charge is 0.444 e. The molecule has 0 spiro atoms. The molecule has 4 heterocycles. The van der Waals surface area contributed by atoms with E-state index in [1.807, 2.05) is 18.2 Å². The van der Waals surface area contributed by atoms with Crippen molar-refractivity contribution in [2.45, 2.75) is 38.5 Å². The molecule has 1 fully saturated rings. The Morgan fingerprint density at radius 1 is 1.14 bits per heavy atom. The lowest BCUT2D eigenvalue weighted by Gasteiger charge is -2.24. The fourth-order valence-electron chi connectivity index (χ4n) is 4.37. The number of ether oxygens (including phenoxy) is 1. The molecule has 1 aromatic carbocycles. The molecule has 190 valence electrons. The molecule has 0 saturated carbocycles. The van der Waals surface area contributed by atoms with Gasteiger partial charge in [0.15, 0.2) is 0 Å². The van der Waals surface area contributed by atoms with Crippen LogP contribution in [0.2, 0.25) is 5.02 Å². The van der Waals surface area contributed by atoms with Crippen LogP contribution in [0.15, 0.2) is 66.0 Å². The molecular formula is C27H26ClN5O4. The Kier molecular flexibility index (Phi) is 6.43. The van der Waals surface area contributed by atoms with E-state index < -0.39 is 23.8 Å². The average Bonchev–Trinajstić information content (AvgIpc) is 3.25. The first-order chi connectivity index (χ1) is 17.6. The van der Waals surface area contributed by atoms with Gasteiger partial charge in [0.25, 0.3) is 5.56 Å². The number of amides is 1. The van der Waals surface area contributed by atoms with Gasteiger partial charge in [-0.05, 0) is 51.1 Å². The molecule has 3 aromatic heterocycles. The summed E-state index contributed by atoms with van der Waals surface area (Å²) in [5.41, 5.74) is 1.98. The van der Waals surface area contributed by atoms with Gasteiger partial charge in [-0.15, -0.1) is 0 Å². The number of nitrogens with zero attached hydrogens (tertiary/aromatic N) is 5. The number of hydrogen-bond acceptors (Lipinski definition) is 7. The summed E-state index contributed by atoms with van der Waals surface area (Å²) < 4.78 is 6.83. The number of carbonyl (C=O) groups is 1. The summed E-state index contributed by atoms with van der Waals surface area (Å²) in [6.45, 7) is 5.50. The maximum atomic E-state index is 13.8. The second kappa shape index (κ2) is 9.57. The molecule has 1 N–H and O–H groups in total. The van der Waals surface area contributed by atoms with Gasteiger partial charge in [-0.25, -0.2) is 14.8 Å². The van der Waals surface area contributed by atoms with Crippen molar-refractivity contribution in [1.29, 1.82) is 0 Å². The Morgan fingerprint density at radius 2 is 1.89 bits per heavy atom. The predicted molar refractivity (Wildman–Crippen MR) is 140 cm³/mol. The van der Waals surface area contributed by atoms with Gasteiger partial charge in [0.2, 0.25) is 0 Å². The topological polar surface area (TPSA) is 110 Å². The second-order valence-corrected chi connectivity index (χ2v) is 10.4. The summed E-state index contributed by atoms with van der Waals surface area (Å²) in [5, 5.41) is 11.7. The molecule has 5 rings (SSSR count). The Bertz CT molecular complexity index is 1520. The molecule has 1 amide bonds.